The van der Waals surface area contributed by atoms with Crippen LogP contribution in [0.4, 0.5) is 5.69 Å². The second kappa shape index (κ2) is 9.05. The molecule has 0 aromatic heterocycles. The number of nitrogens with two attached hydrogens (primary N) is 1. The summed E-state index contributed by atoms with van der Waals surface area (Å²) in [6, 6.07) is 4.56. The summed E-state index contributed by atoms with van der Waals surface area (Å²) < 4.78 is 11.1. The van der Waals surface area contributed by atoms with Gasteiger partial charge in [-0.05, 0) is 31.9 Å². The van der Waals surface area contributed by atoms with E-state index in [1.165, 1.54) is 0 Å². The molecule has 3 aliphatic rings. The lowest BCUT2D eigenvalue weighted by Crippen LogP contribution is -2.51. The van der Waals surface area contributed by atoms with Gasteiger partial charge < -0.3 is 30.3 Å². The molecule has 1 aromatic rings. The van der Waals surface area contributed by atoms with Crippen molar-refractivity contribution in [3.8, 4) is 11.5 Å². The number of piperidine rings is 1. The van der Waals surface area contributed by atoms with Crippen molar-refractivity contribution in [2.75, 3.05) is 37.7 Å². The first kappa shape index (κ1) is 21.9. The van der Waals surface area contributed by atoms with Gasteiger partial charge in [0, 0.05) is 43.7 Å². The smallest absolute Gasteiger partial charge is 0.244 e. The maximum Gasteiger partial charge on any atom is 0.244 e. The predicted molar refractivity (Wildman–Crippen MR) is 114 cm³/mol. The van der Waals surface area contributed by atoms with Crippen LogP contribution in [0.25, 0.3) is 0 Å². The first-order chi connectivity index (χ1) is 15.3. The summed E-state index contributed by atoms with van der Waals surface area (Å²) in [5.41, 5.74) is 5.99. The largest absolute Gasteiger partial charge is 0.486 e. The van der Waals surface area contributed by atoms with E-state index in [9.17, 15) is 19.2 Å². The molecule has 0 saturated carbocycles. The topological polar surface area (TPSA) is 131 Å². The minimum Gasteiger partial charge on any atom is -0.486 e. The molecule has 3 aliphatic heterocycles. The molecule has 1 aromatic carbocycles. The van der Waals surface area contributed by atoms with Crippen LogP contribution in [0.2, 0.25) is 0 Å². The highest BCUT2D eigenvalue weighted by atomic mass is 16.6. The van der Waals surface area contributed by atoms with E-state index in [1.807, 2.05) is 0 Å². The second-order valence-electron chi connectivity index (χ2n) is 8.47. The minimum atomic E-state index is -0.717. The van der Waals surface area contributed by atoms with Gasteiger partial charge in [0.25, 0.3) is 0 Å². The van der Waals surface area contributed by atoms with Crippen LogP contribution in [0.1, 0.15) is 26.2 Å². The Morgan fingerprint density at radius 2 is 1.78 bits per heavy atom. The summed E-state index contributed by atoms with van der Waals surface area (Å²) >= 11 is 0. The van der Waals surface area contributed by atoms with E-state index >= 15 is 0 Å². The fraction of sp³-hybridized carbons (Fsp3) is 0.545. The molecule has 32 heavy (non-hydrogen) atoms. The van der Waals surface area contributed by atoms with Gasteiger partial charge in [0.2, 0.25) is 23.6 Å². The third kappa shape index (κ3) is 4.49. The van der Waals surface area contributed by atoms with Crippen molar-refractivity contribution in [2.24, 2.45) is 17.6 Å². The zero-order valence-electron chi connectivity index (χ0n) is 18.0. The molecule has 172 valence electrons. The van der Waals surface area contributed by atoms with E-state index in [0.717, 1.165) is 0 Å². The van der Waals surface area contributed by atoms with Gasteiger partial charge in [-0.15, -0.1) is 0 Å². The quantitative estimate of drug-likeness (QED) is 0.659. The molecular weight excluding hydrogens is 416 g/mol. The summed E-state index contributed by atoms with van der Waals surface area (Å²) in [4.78, 5) is 52.6. The molecule has 0 aliphatic carbocycles. The van der Waals surface area contributed by atoms with Gasteiger partial charge in [0.1, 0.15) is 19.3 Å². The van der Waals surface area contributed by atoms with E-state index < -0.39 is 12.0 Å². The highest BCUT2D eigenvalue weighted by Crippen LogP contribution is 2.36. The highest BCUT2D eigenvalue weighted by Gasteiger charge is 2.37. The van der Waals surface area contributed by atoms with Gasteiger partial charge in [0.15, 0.2) is 11.5 Å². The van der Waals surface area contributed by atoms with Crippen LogP contribution >= 0.6 is 0 Å². The molecule has 3 N–H and O–H groups in total. The Labute approximate surface area is 186 Å². The number of hydrogen-bond acceptors (Lipinski definition) is 6. The summed E-state index contributed by atoms with van der Waals surface area (Å²) in [5, 5.41) is 2.75. The van der Waals surface area contributed by atoms with Crippen molar-refractivity contribution >= 4 is 29.3 Å². The van der Waals surface area contributed by atoms with Crippen LogP contribution in [0.3, 0.4) is 0 Å². The lowest BCUT2D eigenvalue weighted by atomic mass is 9.96. The van der Waals surface area contributed by atoms with E-state index in [0.29, 0.717) is 56.3 Å². The standard InChI is InChI=1S/C22H28N4O6/c1-13(22(30)25-6-4-14(5-7-25)20(23)28)24-21(29)15-10-19(27)26(12-15)16-2-3-17-18(11-16)32-9-8-31-17/h2-3,11,13-15H,4-10,12H2,1H3,(H2,23,28)(H,24,29). The zero-order valence-corrected chi connectivity index (χ0v) is 18.0. The minimum absolute atomic E-state index is 0.0746. The normalized spacial score (nSPS) is 21.9. The van der Waals surface area contributed by atoms with E-state index in [1.54, 1.807) is 34.9 Å². The number of carbonyl (C=O) groups is 4. The van der Waals surface area contributed by atoms with Gasteiger partial charge in [0.05, 0.1) is 5.92 Å². The average Bonchev–Trinajstić information content (AvgIpc) is 3.20. The summed E-state index contributed by atoms with van der Waals surface area (Å²) in [6.45, 7) is 3.67. The number of benzene rings is 1. The van der Waals surface area contributed by atoms with Gasteiger partial charge in [-0.25, -0.2) is 0 Å². The second-order valence-corrected chi connectivity index (χ2v) is 8.47. The lowest BCUT2D eigenvalue weighted by Gasteiger charge is -2.32. The molecular formula is C22H28N4O6. The van der Waals surface area contributed by atoms with Crippen LogP contribution in [0, 0.1) is 11.8 Å². The highest BCUT2D eigenvalue weighted by molar-refractivity contribution is 6.01. The van der Waals surface area contributed by atoms with Crippen LogP contribution in [-0.2, 0) is 19.2 Å². The predicted octanol–water partition coefficient (Wildman–Crippen LogP) is 0.0393. The Balaban J connectivity index is 1.32. The number of likely N-dealkylation sites (tertiary alicyclic amines) is 1. The van der Waals surface area contributed by atoms with Crippen LogP contribution in [0.5, 0.6) is 11.5 Å². The number of nitrogens with one attached hydrogen (secondary N) is 1. The molecule has 2 fully saturated rings. The van der Waals surface area contributed by atoms with Crippen LogP contribution in [0.15, 0.2) is 18.2 Å². The monoisotopic (exact) mass is 444 g/mol. The summed E-state index contributed by atoms with van der Waals surface area (Å²) in [6.07, 6.45) is 1.14. The maximum atomic E-state index is 12.8. The number of carbonyl (C=O) groups excluding carboxylic acids is 4. The van der Waals surface area contributed by atoms with Gasteiger partial charge in [-0.3, -0.25) is 19.2 Å². The number of rotatable bonds is 5. The molecule has 2 atom stereocenters. The van der Waals surface area contributed by atoms with Crippen LogP contribution in [-0.4, -0.2) is 67.4 Å². The molecule has 10 heteroatoms. The van der Waals surface area contributed by atoms with Crippen molar-refractivity contribution in [3.05, 3.63) is 18.2 Å². The number of primary amides is 1. The van der Waals surface area contributed by atoms with Crippen molar-refractivity contribution in [1.82, 2.24) is 10.2 Å². The molecule has 2 unspecified atom stereocenters. The number of nitrogens with zero attached hydrogens (tertiary/aromatic N) is 2. The Bertz CT molecular complexity index is 927. The molecule has 2 saturated heterocycles. The van der Waals surface area contributed by atoms with Gasteiger partial charge in [-0.2, -0.15) is 0 Å². The maximum absolute atomic E-state index is 12.8. The van der Waals surface area contributed by atoms with Crippen molar-refractivity contribution in [2.45, 2.75) is 32.2 Å². The third-order valence-electron chi connectivity index (χ3n) is 6.27. The first-order valence-corrected chi connectivity index (χ1v) is 10.9. The van der Waals surface area contributed by atoms with Crippen molar-refractivity contribution < 1.29 is 28.7 Å². The van der Waals surface area contributed by atoms with Gasteiger partial charge >= 0.3 is 0 Å². The van der Waals surface area contributed by atoms with E-state index in [4.69, 9.17) is 15.2 Å². The SMILES string of the molecule is CC(NC(=O)C1CC(=O)N(c2ccc3c(c2)OCCO3)C1)C(=O)N1CCC(C(N)=O)CC1. The molecule has 4 amide bonds. The van der Waals surface area contributed by atoms with Crippen molar-refractivity contribution in [1.29, 1.82) is 0 Å². The van der Waals surface area contributed by atoms with Crippen molar-refractivity contribution in [3.63, 3.8) is 0 Å². The Morgan fingerprint density at radius 3 is 2.47 bits per heavy atom. The lowest BCUT2D eigenvalue weighted by molar-refractivity contribution is -0.139. The van der Waals surface area contributed by atoms with E-state index in [2.05, 4.69) is 5.32 Å². The summed E-state index contributed by atoms with van der Waals surface area (Å²) in [7, 11) is 0. The number of amides is 4. The molecule has 0 bridgehead atoms. The molecule has 3 heterocycles. The Hall–Kier alpha value is -3.30. The average molecular weight is 444 g/mol. The first-order valence-electron chi connectivity index (χ1n) is 10.9. The number of anilines is 1. The zero-order chi connectivity index (χ0) is 22.8. The number of ether oxygens (including phenoxy) is 2. The molecule has 0 spiro atoms. The van der Waals surface area contributed by atoms with E-state index in [-0.39, 0.29) is 42.5 Å². The fourth-order valence-electron chi connectivity index (χ4n) is 4.38. The summed E-state index contributed by atoms with van der Waals surface area (Å²) in [5.74, 6) is -0.574. The third-order valence-corrected chi connectivity index (χ3v) is 6.27. The van der Waals surface area contributed by atoms with Crippen LogP contribution < -0.4 is 25.4 Å². The van der Waals surface area contributed by atoms with Gasteiger partial charge in [-0.1, -0.05) is 0 Å². The Kier molecular flexibility index (Phi) is 6.20. The molecule has 0 radical (unpaired) electrons. The molecule has 4 rings (SSSR count). The molecule has 10 nitrogen and oxygen atoms in total. The Morgan fingerprint density at radius 1 is 1.09 bits per heavy atom. The number of fused-ring (bicyclic) bond motifs is 1. The number of hydrogen-bond donors (Lipinski definition) is 2. The fourth-order valence-corrected chi connectivity index (χ4v) is 4.38.